The van der Waals surface area contributed by atoms with E-state index in [0.717, 1.165) is 11.3 Å². The van der Waals surface area contributed by atoms with Crippen LogP contribution in [0, 0.1) is 12.8 Å². The first kappa shape index (κ1) is 15.5. The number of likely N-dealkylation sites (N-methyl/N-ethyl adjacent to an activating group) is 1. The van der Waals surface area contributed by atoms with Crippen molar-refractivity contribution in [1.82, 2.24) is 4.90 Å². The molecule has 106 valence electrons. The van der Waals surface area contributed by atoms with Gasteiger partial charge in [0.1, 0.15) is 12.4 Å². The van der Waals surface area contributed by atoms with E-state index in [4.69, 9.17) is 10.5 Å². The summed E-state index contributed by atoms with van der Waals surface area (Å²) in [6.45, 7) is 6.91. The standard InChI is InChI=1S/C15H24N2O2/c1-11(2)14(16)15(18)17(4)8-9-19-13-7-5-6-12(3)10-13/h5-7,10-11,14H,8-9,16H2,1-4H3/t14-/m1/s1. The molecule has 4 heteroatoms. The second-order valence-corrected chi connectivity index (χ2v) is 5.19. The molecule has 0 saturated heterocycles. The van der Waals surface area contributed by atoms with E-state index in [2.05, 4.69) is 0 Å². The third-order valence-corrected chi connectivity index (χ3v) is 3.06. The average Bonchev–Trinajstić information content (AvgIpc) is 2.36. The Morgan fingerprint density at radius 1 is 1.42 bits per heavy atom. The summed E-state index contributed by atoms with van der Waals surface area (Å²) >= 11 is 0. The number of hydrogen-bond donors (Lipinski definition) is 1. The summed E-state index contributed by atoms with van der Waals surface area (Å²) in [6, 6.07) is 7.42. The number of rotatable bonds is 6. The number of benzene rings is 1. The number of carbonyl (C=O) groups is 1. The van der Waals surface area contributed by atoms with E-state index in [1.807, 2.05) is 45.0 Å². The van der Waals surface area contributed by atoms with Gasteiger partial charge in [0.25, 0.3) is 0 Å². The van der Waals surface area contributed by atoms with Gasteiger partial charge < -0.3 is 15.4 Å². The Balaban J connectivity index is 2.38. The molecule has 1 rings (SSSR count). The number of hydrogen-bond acceptors (Lipinski definition) is 3. The van der Waals surface area contributed by atoms with Crippen molar-refractivity contribution < 1.29 is 9.53 Å². The second-order valence-electron chi connectivity index (χ2n) is 5.19. The Hall–Kier alpha value is -1.55. The van der Waals surface area contributed by atoms with Gasteiger partial charge >= 0.3 is 0 Å². The van der Waals surface area contributed by atoms with E-state index < -0.39 is 6.04 Å². The van der Waals surface area contributed by atoms with Crippen LogP contribution >= 0.6 is 0 Å². The van der Waals surface area contributed by atoms with Gasteiger partial charge in [-0.25, -0.2) is 0 Å². The van der Waals surface area contributed by atoms with Crippen molar-refractivity contribution in [3.63, 3.8) is 0 Å². The van der Waals surface area contributed by atoms with Gasteiger partial charge in [0.05, 0.1) is 12.6 Å². The van der Waals surface area contributed by atoms with Crippen LogP contribution in [0.1, 0.15) is 19.4 Å². The number of amides is 1. The van der Waals surface area contributed by atoms with Crippen molar-refractivity contribution in [3.05, 3.63) is 29.8 Å². The van der Waals surface area contributed by atoms with E-state index in [1.54, 1.807) is 11.9 Å². The molecular formula is C15H24N2O2. The Kier molecular flexibility index (Phi) is 5.83. The molecule has 0 saturated carbocycles. The number of nitrogens with two attached hydrogens (primary N) is 1. The molecule has 1 aromatic rings. The largest absolute Gasteiger partial charge is 0.492 e. The highest BCUT2D eigenvalue weighted by Gasteiger charge is 2.20. The number of ether oxygens (including phenoxy) is 1. The fraction of sp³-hybridized carbons (Fsp3) is 0.533. The fourth-order valence-electron chi connectivity index (χ4n) is 1.66. The van der Waals surface area contributed by atoms with E-state index in [-0.39, 0.29) is 11.8 Å². The lowest BCUT2D eigenvalue weighted by Crippen LogP contribution is -2.46. The third-order valence-electron chi connectivity index (χ3n) is 3.06. The summed E-state index contributed by atoms with van der Waals surface area (Å²) in [6.07, 6.45) is 0. The van der Waals surface area contributed by atoms with Crippen LogP contribution in [0.25, 0.3) is 0 Å². The molecular weight excluding hydrogens is 240 g/mol. The summed E-state index contributed by atoms with van der Waals surface area (Å²) in [5, 5.41) is 0. The fourth-order valence-corrected chi connectivity index (χ4v) is 1.66. The number of nitrogens with zero attached hydrogens (tertiary/aromatic N) is 1. The predicted octanol–water partition coefficient (Wildman–Crippen LogP) is 1.82. The molecule has 0 heterocycles. The predicted molar refractivity (Wildman–Crippen MR) is 77.1 cm³/mol. The van der Waals surface area contributed by atoms with Gasteiger partial charge in [-0.1, -0.05) is 26.0 Å². The zero-order valence-electron chi connectivity index (χ0n) is 12.2. The summed E-state index contributed by atoms with van der Waals surface area (Å²) < 4.78 is 5.61. The molecule has 1 amide bonds. The summed E-state index contributed by atoms with van der Waals surface area (Å²) in [5.41, 5.74) is 6.99. The molecule has 2 N–H and O–H groups in total. The molecule has 1 aromatic carbocycles. The van der Waals surface area contributed by atoms with E-state index in [0.29, 0.717) is 13.2 Å². The molecule has 0 bridgehead atoms. The van der Waals surface area contributed by atoms with Gasteiger partial charge in [-0.05, 0) is 30.5 Å². The van der Waals surface area contributed by atoms with Crippen LogP contribution in [-0.4, -0.2) is 37.0 Å². The zero-order chi connectivity index (χ0) is 14.4. The SMILES string of the molecule is Cc1cccc(OCCN(C)C(=O)[C@H](N)C(C)C)c1. The Bertz CT molecular complexity index is 418. The lowest BCUT2D eigenvalue weighted by atomic mass is 10.0. The van der Waals surface area contributed by atoms with Gasteiger partial charge in [0, 0.05) is 7.05 Å². The minimum absolute atomic E-state index is 0.0390. The maximum atomic E-state index is 11.9. The van der Waals surface area contributed by atoms with Crippen molar-refractivity contribution in [3.8, 4) is 5.75 Å². The smallest absolute Gasteiger partial charge is 0.239 e. The molecule has 0 radical (unpaired) electrons. The van der Waals surface area contributed by atoms with Crippen LogP contribution in [0.2, 0.25) is 0 Å². The minimum Gasteiger partial charge on any atom is -0.492 e. The highest BCUT2D eigenvalue weighted by molar-refractivity contribution is 5.81. The minimum atomic E-state index is -0.441. The first-order chi connectivity index (χ1) is 8.91. The Morgan fingerprint density at radius 2 is 2.11 bits per heavy atom. The second kappa shape index (κ2) is 7.14. The molecule has 0 spiro atoms. The highest BCUT2D eigenvalue weighted by atomic mass is 16.5. The van der Waals surface area contributed by atoms with Gasteiger partial charge in [-0.3, -0.25) is 4.79 Å². The van der Waals surface area contributed by atoms with Crippen molar-refractivity contribution in [2.24, 2.45) is 11.7 Å². The summed E-state index contributed by atoms with van der Waals surface area (Å²) in [4.78, 5) is 13.6. The van der Waals surface area contributed by atoms with E-state index in [1.165, 1.54) is 0 Å². The lowest BCUT2D eigenvalue weighted by molar-refractivity contribution is -0.132. The number of carbonyl (C=O) groups excluding carboxylic acids is 1. The van der Waals surface area contributed by atoms with Crippen LogP contribution in [0.15, 0.2) is 24.3 Å². The van der Waals surface area contributed by atoms with Crippen LogP contribution in [0.5, 0.6) is 5.75 Å². The molecule has 0 aliphatic rings. The summed E-state index contributed by atoms with van der Waals surface area (Å²) in [7, 11) is 1.75. The third kappa shape index (κ3) is 4.91. The van der Waals surface area contributed by atoms with Crippen molar-refractivity contribution in [1.29, 1.82) is 0 Å². The lowest BCUT2D eigenvalue weighted by Gasteiger charge is -2.23. The Morgan fingerprint density at radius 3 is 2.68 bits per heavy atom. The quantitative estimate of drug-likeness (QED) is 0.852. The Labute approximate surface area is 115 Å². The molecule has 1 atom stereocenters. The van der Waals surface area contributed by atoms with E-state index >= 15 is 0 Å². The van der Waals surface area contributed by atoms with Gasteiger partial charge in [-0.15, -0.1) is 0 Å². The van der Waals surface area contributed by atoms with Gasteiger partial charge in [0.15, 0.2) is 0 Å². The van der Waals surface area contributed by atoms with Crippen molar-refractivity contribution in [2.75, 3.05) is 20.2 Å². The maximum absolute atomic E-state index is 11.9. The van der Waals surface area contributed by atoms with Crippen LogP contribution in [-0.2, 0) is 4.79 Å². The molecule has 0 unspecified atom stereocenters. The molecule has 0 aliphatic carbocycles. The first-order valence-corrected chi connectivity index (χ1v) is 6.62. The van der Waals surface area contributed by atoms with Gasteiger partial charge in [0.2, 0.25) is 5.91 Å². The van der Waals surface area contributed by atoms with Crippen molar-refractivity contribution >= 4 is 5.91 Å². The van der Waals surface area contributed by atoms with Crippen LogP contribution in [0.3, 0.4) is 0 Å². The highest BCUT2D eigenvalue weighted by Crippen LogP contribution is 2.12. The molecule has 0 aliphatic heterocycles. The normalized spacial score (nSPS) is 12.3. The number of aryl methyl sites for hydroxylation is 1. The molecule has 0 fully saturated rings. The summed E-state index contributed by atoms with van der Waals surface area (Å²) in [5.74, 6) is 0.935. The molecule has 4 nitrogen and oxygen atoms in total. The van der Waals surface area contributed by atoms with Crippen LogP contribution < -0.4 is 10.5 Å². The maximum Gasteiger partial charge on any atom is 0.239 e. The zero-order valence-corrected chi connectivity index (χ0v) is 12.2. The molecule has 0 aromatic heterocycles. The van der Waals surface area contributed by atoms with Crippen LogP contribution in [0.4, 0.5) is 0 Å². The monoisotopic (exact) mass is 264 g/mol. The van der Waals surface area contributed by atoms with Crippen molar-refractivity contribution in [2.45, 2.75) is 26.8 Å². The first-order valence-electron chi connectivity index (χ1n) is 6.62. The topological polar surface area (TPSA) is 55.6 Å². The van der Waals surface area contributed by atoms with E-state index in [9.17, 15) is 4.79 Å². The van der Waals surface area contributed by atoms with Gasteiger partial charge in [-0.2, -0.15) is 0 Å². The molecule has 19 heavy (non-hydrogen) atoms. The average molecular weight is 264 g/mol.